The highest BCUT2D eigenvalue weighted by Crippen LogP contribution is 2.29. The average Bonchev–Trinajstić information content (AvgIpc) is 2.98. The number of carbonyl (C=O) groups is 2. The second kappa shape index (κ2) is 6.46. The minimum absolute atomic E-state index is 0.0103. The summed E-state index contributed by atoms with van der Waals surface area (Å²) in [6, 6.07) is 1.44. The molecule has 3 heterocycles. The number of aromatic nitrogens is 2. The van der Waals surface area contributed by atoms with Crippen LogP contribution >= 0.6 is 0 Å². The van der Waals surface area contributed by atoms with Crippen LogP contribution in [-0.2, 0) is 20.9 Å². The molecule has 0 saturated carbocycles. The monoisotopic (exact) mass is 342 g/mol. The van der Waals surface area contributed by atoms with Gasteiger partial charge in [-0.1, -0.05) is 0 Å². The summed E-state index contributed by atoms with van der Waals surface area (Å²) in [6.07, 6.45) is 1.66. The minimum atomic E-state index is -2.78. The minimum Gasteiger partial charge on any atom is -0.372 e. The van der Waals surface area contributed by atoms with Crippen LogP contribution in [0.25, 0.3) is 0 Å². The molecule has 9 heteroatoms. The number of fused-ring (bicyclic) bond motifs is 1. The molecule has 1 saturated heterocycles. The molecule has 0 aliphatic carbocycles. The Morgan fingerprint density at radius 1 is 1.33 bits per heavy atom. The molecule has 1 fully saturated rings. The number of amides is 2. The van der Waals surface area contributed by atoms with Crippen molar-refractivity contribution in [3.8, 4) is 0 Å². The van der Waals surface area contributed by atoms with Crippen molar-refractivity contribution >= 4 is 11.8 Å². The largest absolute Gasteiger partial charge is 0.372 e. The van der Waals surface area contributed by atoms with Gasteiger partial charge < -0.3 is 14.5 Å². The number of likely N-dealkylation sites (tertiary alicyclic amines) is 1. The van der Waals surface area contributed by atoms with Gasteiger partial charge in [0.05, 0.1) is 37.8 Å². The maximum atomic E-state index is 12.9. The predicted octanol–water partition coefficient (Wildman–Crippen LogP) is 0.670. The highest BCUT2D eigenvalue weighted by Gasteiger charge is 2.46. The first-order valence-electron chi connectivity index (χ1n) is 7.93. The zero-order valence-corrected chi connectivity index (χ0v) is 13.5. The molecular weight excluding hydrogens is 322 g/mol. The zero-order chi connectivity index (χ0) is 17.3. The fourth-order valence-corrected chi connectivity index (χ4v) is 3.03. The lowest BCUT2D eigenvalue weighted by Gasteiger charge is -2.40. The second-order valence-electron chi connectivity index (χ2n) is 6.14. The number of carbonyl (C=O) groups excluding carboxylic acids is 2. The standard InChI is InChI=1S/C15H20F2N4O3/c1-2-24-8-14(23)19-6-11-3-4-18-21(11)12(7-19)5-13(22)20-9-15(16,17)10-20/h3-4,12H,2,5-10H2,1H3. The number of nitrogens with zero attached hydrogens (tertiary/aromatic N) is 4. The Kier molecular flexibility index (Phi) is 4.53. The molecule has 0 N–H and O–H groups in total. The summed E-state index contributed by atoms with van der Waals surface area (Å²) in [6.45, 7) is 1.90. The maximum Gasteiger partial charge on any atom is 0.282 e. The second-order valence-corrected chi connectivity index (χ2v) is 6.14. The molecule has 1 aromatic heterocycles. The van der Waals surface area contributed by atoms with E-state index in [4.69, 9.17) is 4.74 Å². The van der Waals surface area contributed by atoms with E-state index in [-0.39, 0.29) is 30.9 Å². The molecule has 2 amide bonds. The Balaban J connectivity index is 1.66. The Morgan fingerprint density at radius 2 is 2.08 bits per heavy atom. The quantitative estimate of drug-likeness (QED) is 0.789. The van der Waals surface area contributed by atoms with Gasteiger partial charge in [0.1, 0.15) is 6.61 Å². The van der Waals surface area contributed by atoms with Crippen molar-refractivity contribution in [2.75, 3.05) is 32.8 Å². The van der Waals surface area contributed by atoms with E-state index in [1.165, 1.54) is 0 Å². The van der Waals surface area contributed by atoms with Crippen molar-refractivity contribution in [3.05, 3.63) is 18.0 Å². The molecule has 0 spiro atoms. The van der Waals surface area contributed by atoms with Gasteiger partial charge >= 0.3 is 0 Å². The molecule has 2 aliphatic heterocycles. The van der Waals surface area contributed by atoms with Gasteiger partial charge in [-0.05, 0) is 13.0 Å². The lowest BCUT2D eigenvalue weighted by Crippen LogP contribution is -2.59. The van der Waals surface area contributed by atoms with Crippen LogP contribution in [0.3, 0.4) is 0 Å². The van der Waals surface area contributed by atoms with E-state index in [0.717, 1.165) is 10.6 Å². The highest BCUT2D eigenvalue weighted by atomic mass is 19.3. The Morgan fingerprint density at radius 3 is 2.75 bits per heavy atom. The summed E-state index contributed by atoms with van der Waals surface area (Å²) < 4.78 is 32.7. The number of rotatable bonds is 5. The van der Waals surface area contributed by atoms with Crippen LogP contribution in [-0.4, -0.2) is 70.2 Å². The van der Waals surface area contributed by atoms with Crippen LogP contribution < -0.4 is 0 Å². The first kappa shape index (κ1) is 16.8. The van der Waals surface area contributed by atoms with E-state index in [2.05, 4.69) is 5.10 Å². The van der Waals surface area contributed by atoms with Crippen molar-refractivity contribution in [1.29, 1.82) is 0 Å². The van der Waals surface area contributed by atoms with E-state index in [1.54, 1.807) is 21.8 Å². The number of ether oxygens (including phenoxy) is 1. The van der Waals surface area contributed by atoms with Crippen molar-refractivity contribution in [2.45, 2.75) is 31.9 Å². The molecule has 0 aromatic carbocycles. The van der Waals surface area contributed by atoms with Crippen molar-refractivity contribution in [3.63, 3.8) is 0 Å². The van der Waals surface area contributed by atoms with Gasteiger partial charge in [0.2, 0.25) is 11.8 Å². The average molecular weight is 342 g/mol. The first-order valence-corrected chi connectivity index (χ1v) is 7.93. The van der Waals surface area contributed by atoms with Gasteiger partial charge in [0.25, 0.3) is 5.92 Å². The van der Waals surface area contributed by atoms with Crippen molar-refractivity contribution < 1.29 is 23.1 Å². The van der Waals surface area contributed by atoms with Gasteiger partial charge in [-0.3, -0.25) is 14.3 Å². The maximum absolute atomic E-state index is 12.9. The molecule has 0 bridgehead atoms. The first-order chi connectivity index (χ1) is 11.4. The molecule has 24 heavy (non-hydrogen) atoms. The lowest BCUT2D eigenvalue weighted by atomic mass is 10.1. The van der Waals surface area contributed by atoms with Crippen LogP contribution in [0.4, 0.5) is 8.78 Å². The smallest absolute Gasteiger partial charge is 0.282 e. The van der Waals surface area contributed by atoms with Gasteiger partial charge in [0, 0.05) is 19.3 Å². The molecular formula is C15H20F2N4O3. The fraction of sp³-hybridized carbons (Fsp3) is 0.667. The molecule has 3 rings (SSSR count). The molecule has 7 nitrogen and oxygen atoms in total. The number of hydrogen-bond acceptors (Lipinski definition) is 4. The molecule has 132 valence electrons. The molecule has 0 radical (unpaired) electrons. The van der Waals surface area contributed by atoms with E-state index >= 15 is 0 Å². The summed E-state index contributed by atoms with van der Waals surface area (Å²) in [5, 5.41) is 4.21. The molecule has 2 aliphatic rings. The number of halogens is 2. The Bertz CT molecular complexity index is 626. The number of hydrogen-bond donors (Lipinski definition) is 0. The van der Waals surface area contributed by atoms with Crippen LogP contribution in [0.2, 0.25) is 0 Å². The van der Waals surface area contributed by atoms with E-state index in [9.17, 15) is 18.4 Å². The van der Waals surface area contributed by atoms with E-state index in [0.29, 0.717) is 19.7 Å². The van der Waals surface area contributed by atoms with Gasteiger partial charge in [-0.2, -0.15) is 5.10 Å². The van der Waals surface area contributed by atoms with Crippen molar-refractivity contribution in [2.24, 2.45) is 0 Å². The highest BCUT2D eigenvalue weighted by molar-refractivity contribution is 5.79. The third kappa shape index (κ3) is 3.40. The summed E-state index contributed by atoms with van der Waals surface area (Å²) in [7, 11) is 0. The van der Waals surface area contributed by atoms with Gasteiger partial charge in [-0.25, -0.2) is 8.78 Å². The Labute approximate surface area is 138 Å². The fourth-order valence-electron chi connectivity index (χ4n) is 3.03. The topological polar surface area (TPSA) is 67.7 Å². The summed E-state index contributed by atoms with van der Waals surface area (Å²) in [5.74, 6) is -3.28. The van der Waals surface area contributed by atoms with E-state index < -0.39 is 19.0 Å². The van der Waals surface area contributed by atoms with Crippen LogP contribution in [0.15, 0.2) is 12.3 Å². The Hall–Kier alpha value is -2.03. The third-order valence-electron chi connectivity index (χ3n) is 4.27. The SMILES string of the molecule is CCOCC(=O)N1Cc2ccnn2C(CC(=O)N2CC(F)(F)C2)C1. The van der Waals surface area contributed by atoms with Crippen molar-refractivity contribution in [1.82, 2.24) is 19.6 Å². The van der Waals surface area contributed by atoms with Crippen LogP contribution in [0.1, 0.15) is 25.1 Å². The van der Waals surface area contributed by atoms with Crippen LogP contribution in [0.5, 0.6) is 0 Å². The number of alkyl halides is 2. The molecule has 1 unspecified atom stereocenters. The summed E-state index contributed by atoms with van der Waals surface area (Å²) in [5.41, 5.74) is 0.817. The van der Waals surface area contributed by atoms with E-state index in [1.807, 2.05) is 6.92 Å². The van der Waals surface area contributed by atoms with Gasteiger partial charge in [-0.15, -0.1) is 0 Å². The predicted molar refractivity (Wildman–Crippen MR) is 79.3 cm³/mol. The summed E-state index contributed by atoms with van der Waals surface area (Å²) >= 11 is 0. The lowest BCUT2D eigenvalue weighted by molar-refractivity contribution is -0.167. The third-order valence-corrected chi connectivity index (χ3v) is 4.27. The molecule has 1 atom stereocenters. The summed E-state index contributed by atoms with van der Waals surface area (Å²) in [4.78, 5) is 27.1. The van der Waals surface area contributed by atoms with Gasteiger partial charge in [0.15, 0.2) is 0 Å². The zero-order valence-electron chi connectivity index (χ0n) is 13.5. The molecule has 1 aromatic rings. The van der Waals surface area contributed by atoms with Crippen LogP contribution in [0, 0.1) is 0 Å². The normalized spacial score (nSPS) is 22.0.